The number of aliphatic hydroxyl groups is 1. The highest BCUT2D eigenvalue weighted by Crippen LogP contribution is 2.66. The number of nitrogens with one attached hydrogen (secondary N) is 1. The van der Waals surface area contributed by atoms with Crippen molar-refractivity contribution in [3.8, 4) is 17.6 Å². The first-order chi connectivity index (χ1) is 33.2. The minimum absolute atomic E-state index is 0.0273. The van der Waals surface area contributed by atoms with Crippen LogP contribution < -0.4 is 15.1 Å². The number of imide groups is 1. The number of nitrogens with zero attached hydrogens (tertiary/aromatic N) is 6. The molecule has 68 heavy (non-hydrogen) atoms. The number of carbonyl (C=O) groups is 4. The molecule has 0 aliphatic carbocycles. The Hall–Kier alpha value is -7.86. The fourth-order valence-corrected chi connectivity index (χ4v) is 10.7. The SMILES string of the molecule is C[C@@H](NC(=O)N1C(=O)[C@@]2(c3cc(C#CCCO)ccc31)[C@H](c1ccc(O)cc1)N1[C@H](c3ccccc3)[C@H](c3ccccc3)OC(=O)[C@H]1[C@@H]2C(=O)N1CCN(c2ncccn2)CC1)c1ccccc1. The zero-order valence-electron chi connectivity index (χ0n) is 37.3. The third-order valence-corrected chi connectivity index (χ3v) is 13.7. The normalized spacial score (nSPS) is 23.6. The Morgan fingerprint density at radius 3 is 2.10 bits per heavy atom. The summed E-state index contributed by atoms with van der Waals surface area (Å²) in [5, 5.41) is 23.5. The monoisotopic (exact) mass is 907 g/mol. The van der Waals surface area contributed by atoms with E-state index in [9.17, 15) is 10.2 Å². The molecule has 1 spiro atoms. The molecule has 4 amide bonds. The number of hydrogen-bond donors (Lipinski definition) is 3. The predicted octanol–water partition coefficient (Wildman–Crippen LogP) is 6.40. The van der Waals surface area contributed by atoms with Crippen LogP contribution in [0.1, 0.15) is 71.0 Å². The number of urea groups is 1. The van der Waals surface area contributed by atoms with Crippen LogP contribution in [0.2, 0.25) is 0 Å². The van der Waals surface area contributed by atoms with Crippen molar-refractivity contribution in [2.45, 2.75) is 49.0 Å². The molecule has 4 aliphatic heterocycles. The van der Waals surface area contributed by atoms with Crippen LogP contribution >= 0.6 is 0 Å². The number of amides is 4. The summed E-state index contributed by atoms with van der Waals surface area (Å²) in [6.45, 7) is 2.85. The number of rotatable bonds is 8. The zero-order valence-corrected chi connectivity index (χ0v) is 37.3. The van der Waals surface area contributed by atoms with Crippen LogP contribution in [0.3, 0.4) is 0 Å². The number of phenols is 1. The summed E-state index contributed by atoms with van der Waals surface area (Å²) in [5.74, 6) is 3.28. The van der Waals surface area contributed by atoms with E-state index >= 15 is 19.2 Å². The molecule has 14 nitrogen and oxygen atoms in total. The van der Waals surface area contributed by atoms with Crippen molar-refractivity contribution in [1.29, 1.82) is 0 Å². The zero-order chi connectivity index (χ0) is 46.9. The summed E-state index contributed by atoms with van der Waals surface area (Å²) >= 11 is 0. The minimum atomic E-state index is -1.99. The number of aromatic nitrogens is 2. The summed E-state index contributed by atoms with van der Waals surface area (Å²) in [6.07, 6.45) is 2.61. The van der Waals surface area contributed by atoms with Gasteiger partial charge in [-0.05, 0) is 71.1 Å². The number of piperazine rings is 1. The smallest absolute Gasteiger partial charge is 0.329 e. The van der Waals surface area contributed by atoms with Gasteiger partial charge in [-0.3, -0.25) is 19.3 Å². The molecular formula is C54H49N7O7. The van der Waals surface area contributed by atoms with Gasteiger partial charge in [-0.2, -0.15) is 0 Å². The average Bonchev–Trinajstić information content (AvgIpc) is 3.83. The lowest BCUT2D eigenvalue weighted by Gasteiger charge is -2.46. The first-order valence-electron chi connectivity index (χ1n) is 22.8. The molecule has 0 saturated carbocycles. The number of aromatic hydroxyl groups is 1. The molecule has 3 fully saturated rings. The van der Waals surface area contributed by atoms with Crippen molar-refractivity contribution >= 4 is 35.5 Å². The molecule has 5 aromatic carbocycles. The van der Waals surface area contributed by atoms with Crippen molar-refractivity contribution < 1.29 is 34.1 Å². The van der Waals surface area contributed by atoms with E-state index in [1.807, 2.05) is 108 Å². The molecule has 4 aliphatic rings. The maximum Gasteiger partial charge on any atom is 0.329 e. The van der Waals surface area contributed by atoms with Gasteiger partial charge in [0.2, 0.25) is 17.8 Å². The number of esters is 1. The van der Waals surface area contributed by atoms with Gasteiger partial charge >= 0.3 is 12.0 Å². The molecule has 1 aromatic heterocycles. The summed E-state index contributed by atoms with van der Waals surface area (Å²) in [6, 6.07) is 37.2. The van der Waals surface area contributed by atoms with E-state index in [0.717, 1.165) is 16.0 Å². The highest BCUT2D eigenvalue weighted by molar-refractivity contribution is 6.24. The Morgan fingerprint density at radius 1 is 0.794 bits per heavy atom. The van der Waals surface area contributed by atoms with Gasteiger partial charge in [-0.1, -0.05) is 115 Å². The molecule has 0 bridgehead atoms. The average molecular weight is 908 g/mol. The van der Waals surface area contributed by atoms with Crippen LogP contribution in [0.5, 0.6) is 5.75 Å². The summed E-state index contributed by atoms with van der Waals surface area (Å²) in [4.78, 5) is 79.0. The fraction of sp³-hybridized carbons (Fsp3) is 0.259. The number of aliphatic hydroxyl groups excluding tert-OH is 1. The predicted molar refractivity (Wildman–Crippen MR) is 253 cm³/mol. The van der Waals surface area contributed by atoms with E-state index in [2.05, 4.69) is 27.1 Å². The van der Waals surface area contributed by atoms with E-state index in [1.54, 1.807) is 53.7 Å². The third-order valence-electron chi connectivity index (χ3n) is 13.7. The van der Waals surface area contributed by atoms with Crippen molar-refractivity contribution in [3.63, 3.8) is 0 Å². The van der Waals surface area contributed by atoms with Crippen LogP contribution in [-0.2, 0) is 24.5 Å². The number of phenolic OH excluding ortho intramolecular Hbond substituents is 1. The van der Waals surface area contributed by atoms with Crippen LogP contribution in [-0.4, -0.2) is 92.6 Å². The Bertz CT molecular complexity index is 2890. The van der Waals surface area contributed by atoms with Gasteiger partial charge in [0.05, 0.1) is 36.3 Å². The number of fused-ring (bicyclic) bond motifs is 3. The lowest BCUT2D eigenvalue weighted by atomic mass is 9.64. The van der Waals surface area contributed by atoms with E-state index in [-0.39, 0.29) is 37.6 Å². The number of carbonyl (C=O) groups excluding carboxylic acids is 4. The number of cyclic esters (lactones) is 1. The maximum absolute atomic E-state index is 16.6. The summed E-state index contributed by atoms with van der Waals surface area (Å²) < 4.78 is 6.62. The summed E-state index contributed by atoms with van der Waals surface area (Å²) in [7, 11) is 0. The molecule has 0 radical (unpaired) electrons. The highest BCUT2D eigenvalue weighted by Gasteiger charge is 2.76. The quantitative estimate of drug-likeness (QED) is 0.114. The van der Waals surface area contributed by atoms with Crippen molar-refractivity contribution in [2.75, 3.05) is 42.6 Å². The molecular weight excluding hydrogens is 859 g/mol. The van der Waals surface area contributed by atoms with E-state index in [1.165, 1.54) is 12.1 Å². The molecule has 6 aromatic rings. The number of ether oxygens (including phenoxy) is 1. The summed E-state index contributed by atoms with van der Waals surface area (Å²) in [5.41, 5.74) is 1.85. The van der Waals surface area contributed by atoms with Gasteiger partial charge in [0, 0.05) is 50.6 Å². The van der Waals surface area contributed by atoms with Crippen molar-refractivity contribution in [3.05, 3.63) is 185 Å². The van der Waals surface area contributed by atoms with E-state index in [4.69, 9.17) is 4.74 Å². The Labute approximate surface area is 393 Å². The van der Waals surface area contributed by atoms with E-state index < -0.39 is 65.4 Å². The van der Waals surface area contributed by atoms with E-state index in [0.29, 0.717) is 41.3 Å². The van der Waals surface area contributed by atoms with Crippen molar-refractivity contribution in [2.24, 2.45) is 5.92 Å². The second-order valence-electron chi connectivity index (χ2n) is 17.4. The Kier molecular flexibility index (Phi) is 11.9. The van der Waals surface area contributed by atoms with Crippen LogP contribution in [0.25, 0.3) is 0 Å². The van der Waals surface area contributed by atoms with Gasteiger partial charge < -0.3 is 30.1 Å². The first kappa shape index (κ1) is 44.0. The second-order valence-corrected chi connectivity index (χ2v) is 17.4. The van der Waals surface area contributed by atoms with Crippen LogP contribution in [0, 0.1) is 17.8 Å². The van der Waals surface area contributed by atoms with Crippen LogP contribution in [0.15, 0.2) is 152 Å². The second kappa shape index (κ2) is 18.4. The van der Waals surface area contributed by atoms with Gasteiger partial charge in [0.15, 0.2) is 0 Å². The van der Waals surface area contributed by atoms with Gasteiger partial charge in [0.25, 0.3) is 0 Å². The third kappa shape index (κ3) is 7.59. The maximum atomic E-state index is 16.6. The molecule has 3 saturated heterocycles. The molecule has 10 rings (SSSR count). The number of benzene rings is 5. The number of morpholine rings is 1. The first-order valence-corrected chi connectivity index (χ1v) is 22.8. The molecule has 7 atom stereocenters. The molecule has 342 valence electrons. The van der Waals surface area contributed by atoms with Gasteiger partial charge in [-0.15, -0.1) is 0 Å². The standard InChI is InChI=1S/C54H49N7O7/c1-35(37-15-5-2-6-16-37)57-53(67)60-43-26-21-36(14-11-12-33-62)34-42(43)54(51(60)66)44(49(64)58-29-31-59(32-30-58)52-55-27-13-28-56-52)46-50(65)68-47(39-19-9-4-10-20-39)45(38-17-7-3-8-18-38)61(46)48(54)40-22-24-41(63)25-23-40/h2-10,13,15-28,34-35,44-48,62-63H,12,29-33H2,1H3,(H,57,67)/t35-,44-,45-,46-,47+,48+,54-/m1/s1. The number of hydrogen-bond acceptors (Lipinski definition) is 11. The van der Waals surface area contributed by atoms with Crippen molar-refractivity contribution in [1.82, 2.24) is 25.1 Å². The minimum Gasteiger partial charge on any atom is -0.508 e. The molecule has 5 heterocycles. The van der Waals surface area contributed by atoms with Gasteiger partial charge in [-0.25, -0.2) is 19.7 Å². The largest absolute Gasteiger partial charge is 0.508 e. The molecule has 3 N–H and O–H groups in total. The van der Waals surface area contributed by atoms with Crippen LogP contribution in [0.4, 0.5) is 16.4 Å². The Balaban J connectivity index is 1.22. The molecule has 14 heteroatoms. The fourth-order valence-electron chi connectivity index (χ4n) is 10.7. The lowest BCUT2D eigenvalue weighted by Crippen LogP contribution is -2.59. The lowest BCUT2D eigenvalue weighted by molar-refractivity contribution is -0.179. The van der Waals surface area contributed by atoms with Gasteiger partial charge in [0.1, 0.15) is 23.3 Å². The number of anilines is 2. The molecule has 0 unspecified atom stereocenters. The Morgan fingerprint density at radius 2 is 1.44 bits per heavy atom. The highest BCUT2D eigenvalue weighted by atomic mass is 16.6. The topological polar surface area (TPSA) is 169 Å².